The molecule has 32 heavy (non-hydrogen) atoms. The van der Waals surface area contributed by atoms with Crippen LogP contribution in [0.25, 0.3) is 11.5 Å². The van der Waals surface area contributed by atoms with E-state index in [2.05, 4.69) is 25.5 Å². The number of hydrogen-bond acceptors (Lipinski definition) is 7. The fraction of sp³-hybridized carbons (Fsp3) is 0.182. The van der Waals surface area contributed by atoms with Crippen molar-refractivity contribution < 1.29 is 14.3 Å². The first-order chi connectivity index (χ1) is 15.6. The molecule has 0 bridgehead atoms. The van der Waals surface area contributed by atoms with Crippen LogP contribution in [0.2, 0.25) is 0 Å². The SMILES string of the molecule is CCOC(=O)c1cnn(-c2ccc(C(=O)NCc3cccnc3-n3cncn3)cc2)c1C. The van der Waals surface area contributed by atoms with Crippen molar-refractivity contribution in [3.63, 3.8) is 0 Å². The summed E-state index contributed by atoms with van der Waals surface area (Å²) in [4.78, 5) is 32.9. The number of rotatable bonds is 7. The third kappa shape index (κ3) is 4.24. The molecule has 0 radical (unpaired) electrons. The summed E-state index contributed by atoms with van der Waals surface area (Å²) < 4.78 is 8.23. The van der Waals surface area contributed by atoms with Gasteiger partial charge >= 0.3 is 5.97 Å². The van der Waals surface area contributed by atoms with Crippen LogP contribution in [0.3, 0.4) is 0 Å². The molecule has 10 nitrogen and oxygen atoms in total. The van der Waals surface area contributed by atoms with Gasteiger partial charge in [-0.3, -0.25) is 4.79 Å². The van der Waals surface area contributed by atoms with Crippen LogP contribution >= 0.6 is 0 Å². The Kier molecular flexibility index (Phi) is 6.02. The molecule has 162 valence electrons. The molecule has 0 aliphatic carbocycles. The van der Waals surface area contributed by atoms with Crippen molar-refractivity contribution in [2.75, 3.05) is 6.61 Å². The number of amides is 1. The lowest BCUT2D eigenvalue weighted by Crippen LogP contribution is -2.23. The highest BCUT2D eigenvalue weighted by Crippen LogP contribution is 2.16. The van der Waals surface area contributed by atoms with Crippen LogP contribution in [0, 0.1) is 6.92 Å². The molecule has 0 atom stereocenters. The first-order valence-corrected chi connectivity index (χ1v) is 9.97. The lowest BCUT2D eigenvalue weighted by Gasteiger charge is -2.10. The Bertz CT molecular complexity index is 1230. The molecule has 1 amide bonds. The van der Waals surface area contributed by atoms with E-state index in [1.807, 2.05) is 6.07 Å². The van der Waals surface area contributed by atoms with Crippen molar-refractivity contribution in [2.24, 2.45) is 0 Å². The van der Waals surface area contributed by atoms with Gasteiger partial charge in [0.15, 0.2) is 5.82 Å². The highest BCUT2D eigenvalue weighted by atomic mass is 16.5. The number of nitrogens with one attached hydrogen (secondary N) is 1. The molecule has 0 saturated carbocycles. The summed E-state index contributed by atoms with van der Waals surface area (Å²) in [6.45, 7) is 4.13. The van der Waals surface area contributed by atoms with Gasteiger partial charge in [0.1, 0.15) is 18.2 Å². The van der Waals surface area contributed by atoms with Gasteiger partial charge in [-0.2, -0.15) is 10.2 Å². The van der Waals surface area contributed by atoms with Crippen LogP contribution in [-0.4, -0.2) is 48.0 Å². The Morgan fingerprint density at radius 3 is 2.66 bits per heavy atom. The topological polar surface area (TPSA) is 117 Å². The van der Waals surface area contributed by atoms with E-state index < -0.39 is 5.97 Å². The molecular weight excluding hydrogens is 410 g/mol. The van der Waals surface area contributed by atoms with E-state index in [1.54, 1.807) is 66.1 Å². The Morgan fingerprint density at radius 2 is 1.94 bits per heavy atom. The van der Waals surface area contributed by atoms with Gasteiger partial charge < -0.3 is 10.1 Å². The van der Waals surface area contributed by atoms with E-state index in [0.29, 0.717) is 29.2 Å². The van der Waals surface area contributed by atoms with Gasteiger partial charge in [0, 0.05) is 23.9 Å². The normalized spacial score (nSPS) is 10.7. The number of carbonyl (C=O) groups is 2. The van der Waals surface area contributed by atoms with Crippen molar-refractivity contribution in [1.29, 1.82) is 0 Å². The van der Waals surface area contributed by atoms with Crippen LogP contribution in [0.4, 0.5) is 0 Å². The van der Waals surface area contributed by atoms with Crippen LogP contribution in [0.1, 0.15) is 38.9 Å². The summed E-state index contributed by atoms with van der Waals surface area (Å²) >= 11 is 0. The Hall–Kier alpha value is -4.34. The molecule has 3 aromatic heterocycles. The number of ether oxygens (including phenoxy) is 1. The first kappa shape index (κ1) is 20.9. The molecule has 10 heteroatoms. The number of pyridine rings is 1. The van der Waals surface area contributed by atoms with E-state index in [0.717, 1.165) is 11.3 Å². The van der Waals surface area contributed by atoms with Crippen LogP contribution in [0.5, 0.6) is 0 Å². The second-order valence-electron chi connectivity index (χ2n) is 6.83. The standard InChI is InChI=1S/C22H21N7O3/c1-3-32-22(31)19-12-26-29(15(19)2)18-8-6-16(7-9-18)21(30)25-11-17-5-4-10-24-20(17)28-14-23-13-27-28/h4-10,12-14H,3,11H2,1-2H3,(H,25,30). The molecule has 0 unspecified atom stereocenters. The van der Waals surface area contributed by atoms with Crippen molar-refractivity contribution in [3.05, 3.63) is 83.8 Å². The molecule has 1 N–H and O–H groups in total. The second-order valence-corrected chi connectivity index (χ2v) is 6.83. The molecule has 0 saturated heterocycles. The quantitative estimate of drug-likeness (QED) is 0.446. The van der Waals surface area contributed by atoms with Gasteiger partial charge in [-0.15, -0.1) is 0 Å². The average molecular weight is 431 g/mol. The second kappa shape index (κ2) is 9.21. The zero-order chi connectivity index (χ0) is 22.5. The van der Waals surface area contributed by atoms with Gasteiger partial charge in [-0.25, -0.2) is 24.1 Å². The Morgan fingerprint density at radius 1 is 1.12 bits per heavy atom. The summed E-state index contributed by atoms with van der Waals surface area (Å²) in [5, 5.41) is 11.3. The zero-order valence-electron chi connectivity index (χ0n) is 17.6. The molecule has 4 rings (SSSR count). The third-order valence-corrected chi connectivity index (χ3v) is 4.82. The zero-order valence-corrected chi connectivity index (χ0v) is 17.6. The van der Waals surface area contributed by atoms with E-state index in [9.17, 15) is 9.59 Å². The molecule has 0 aliphatic rings. The van der Waals surface area contributed by atoms with E-state index in [1.165, 1.54) is 12.5 Å². The number of aromatic nitrogens is 6. The van der Waals surface area contributed by atoms with Gasteiger partial charge in [-0.1, -0.05) is 6.07 Å². The average Bonchev–Trinajstić information content (AvgIpc) is 3.48. The molecule has 1 aromatic carbocycles. The molecule has 3 heterocycles. The van der Waals surface area contributed by atoms with Crippen molar-refractivity contribution in [1.82, 2.24) is 34.8 Å². The monoisotopic (exact) mass is 431 g/mol. The number of carbonyl (C=O) groups excluding carboxylic acids is 2. The number of hydrogen-bond donors (Lipinski definition) is 1. The largest absolute Gasteiger partial charge is 0.462 e. The summed E-state index contributed by atoms with van der Waals surface area (Å²) in [6.07, 6.45) is 6.12. The maximum Gasteiger partial charge on any atom is 0.341 e. The number of benzene rings is 1. The van der Waals surface area contributed by atoms with Crippen molar-refractivity contribution in [3.8, 4) is 11.5 Å². The smallest absolute Gasteiger partial charge is 0.341 e. The summed E-state index contributed by atoms with van der Waals surface area (Å²) in [5.41, 5.74) is 3.11. The molecule has 4 aromatic rings. The Balaban J connectivity index is 1.46. The minimum Gasteiger partial charge on any atom is -0.462 e. The maximum atomic E-state index is 12.6. The molecule has 0 spiro atoms. The Labute approximate surface area is 183 Å². The summed E-state index contributed by atoms with van der Waals surface area (Å²) in [5.74, 6) is -0.0329. The number of esters is 1. The van der Waals surface area contributed by atoms with Crippen LogP contribution in [-0.2, 0) is 11.3 Å². The highest BCUT2D eigenvalue weighted by molar-refractivity contribution is 5.94. The predicted octanol–water partition coefficient (Wildman–Crippen LogP) is 2.26. The maximum absolute atomic E-state index is 12.6. The lowest BCUT2D eigenvalue weighted by molar-refractivity contribution is 0.0525. The van der Waals surface area contributed by atoms with Gasteiger partial charge in [0.25, 0.3) is 5.91 Å². The fourth-order valence-electron chi connectivity index (χ4n) is 3.20. The van der Waals surface area contributed by atoms with E-state index >= 15 is 0 Å². The molecule has 0 fully saturated rings. The van der Waals surface area contributed by atoms with E-state index in [4.69, 9.17) is 4.74 Å². The molecular formula is C22H21N7O3. The number of nitrogens with zero attached hydrogens (tertiary/aromatic N) is 6. The molecule has 0 aliphatic heterocycles. The van der Waals surface area contributed by atoms with Crippen molar-refractivity contribution >= 4 is 11.9 Å². The van der Waals surface area contributed by atoms with Crippen LogP contribution < -0.4 is 5.32 Å². The highest BCUT2D eigenvalue weighted by Gasteiger charge is 2.16. The first-order valence-electron chi connectivity index (χ1n) is 9.97. The summed E-state index contributed by atoms with van der Waals surface area (Å²) in [7, 11) is 0. The van der Waals surface area contributed by atoms with Gasteiger partial charge in [0.2, 0.25) is 0 Å². The summed E-state index contributed by atoms with van der Waals surface area (Å²) in [6, 6.07) is 10.6. The van der Waals surface area contributed by atoms with Crippen molar-refractivity contribution in [2.45, 2.75) is 20.4 Å². The van der Waals surface area contributed by atoms with E-state index in [-0.39, 0.29) is 12.5 Å². The van der Waals surface area contributed by atoms with Gasteiger partial charge in [-0.05, 0) is 44.2 Å². The minimum atomic E-state index is -0.409. The van der Waals surface area contributed by atoms with Crippen LogP contribution in [0.15, 0.2) is 61.4 Å². The predicted molar refractivity (Wildman–Crippen MR) is 115 cm³/mol. The minimum absolute atomic E-state index is 0.227. The third-order valence-electron chi connectivity index (χ3n) is 4.82. The van der Waals surface area contributed by atoms with Gasteiger partial charge in [0.05, 0.1) is 24.2 Å². The lowest BCUT2D eigenvalue weighted by atomic mass is 10.1. The fourth-order valence-corrected chi connectivity index (χ4v) is 3.20.